The molecule has 0 heterocycles. The van der Waals surface area contributed by atoms with Crippen molar-refractivity contribution in [2.75, 3.05) is 0 Å². The summed E-state index contributed by atoms with van der Waals surface area (Å²) < 4.78 is 1.08. The van der Waals surface area contributed by atoms with Crippen molar-refractivity contribution in [3.63, 3.8) is 0 Å². The van der Waals surface area contributed by atoms with E-state index < -0.39 is 5.54 Å². The van der Waals surface area contributed by atoms with Crippen molar-refractivity contribution in [3.8, 4) is 6.07 Å². The predicted molar refractivity (Wildman–Crippen MR) is 70.9 cm³/mol. The zero-order valence-corrected chi connectivity index (χ0v) is 11.4. The minimum Gasteiger partial charge on any atom is -0.334 e. The van der Waals surface area contributed by atoms with Crippen LogP contribution in [0.5, 0.6) is 0 Å². The number of carbonyl (C=O) groups is 1. The minimum absolute atomic E-state index is 0.206. The molecule has 3 nitrogen and oxygen atoms in total. The number of hydrogen-bond acceptors (Lipinski definition) is 2. The number of amides is 1. The second kappa shape index (κ2) is 5.30. The molecule has 0 saturated heterocycles. The summed E-state index contributed by atoms with van der Waals surface area (Å²) in [6.07, 6.45) is 0.583. The summed E-state index contributed by atoms with van der Waals surface area (Å²) in [5, 5.41) is 11.7. The SMILES string of the molecule is CCC(C)(C#N)NC(=O)c1ccc(I)cc1. The van der Waals surface area contributed by atoms with Crippen LogP contribution in [-0.2, 0) is 0 Å². The molecule has 16 heavy (non-hydrogen) atoms. The standard InChI is InChI=1S/C12H13IN2O/c1-3-12(2,8-14)15-11(16)9-4-6-10(13)7-5-9/h4-7H,3H2,1-2H3,(H,15,16). The lowest BCUT2D eigenvalue weighted by Crippen LogP contribution is -2.44. The zero-order valence-electron chi connectivity index (χ0n) is 9.25. The number of nitriles is 1. The Morgan fingerprint density at radius 1 is 1.50 bits per heavy atom. The lowest BCUT2D eigenvalue weighted by Gasteiger charge is -2.21. The molecule has 0 aliphatic rings. The Labute approximate surface area is 109 Å². The lowest BCUT2D eigenvalue weighted by molar-refractivity contribution is 0.0923. The van der Waals surface area contributed by atoms with Gasteiger partial charge in [0.15, 0.2) is 0 Å². The van der Waals surface area contributed by atoms with Gasteiger partial charge in [0.25, 0.3) is 5.91 Å². The number of benzene rings is 1. The third kappa shape index (κ3) is 3.20. The number of rotatable bonds is 3. The molecule has 84 valence electrons. The summed E-state index contributed by atoms with van der Waals surface area (Å²) in [7, 11) is 0. The molecule has 1 rings (SSSR count). The molecule has 1 atom stereocenters. The fourth-order valence-corrected chi connectivity index (χ4v) is 1.48. The molecule has 0 bridgehead atoms. The predicted octanol–water partition coefficient (Wildman–Crippen LogP) is 2.71. The highest BCUT2D eigenvalue weighted by molar-refractivity contribution is 14.1. The molecule has 0 aromatic heterocycles. The monoisotopic (exact) mass is 328 g/mol. The summed E-state index contributed by atoms with van der Waals surface area (Å²) in [6.45, 7) is 3.59. The van der Waals surface area contributed by atoms with Gasteiger partial charge in [-0.15, -0.1) is 0 Å². The van der Waals surface area contributed by atoms with E-state index in [1.165, 1.54) is 0 Å². The molecule has 0 aliphatic carbocycles. The largest absolute Gasteiger partial charge is 0.334 e. The Bertz CT molecular complexity index is 422. The van der Waals surface area contributed by atoms with E-state index in [-0.39, 0.29) is 5.91 Å². The first-order chi connectivity index (χ1) is 7.50. The van der Waals surface area contributed by atoms with Crippen molar-refractivity contribution in [1.29, 1.82) is 5.26 Å². The maximum Gasteiger partial charge on any atom is 0.252 e. The highest BCUT2D eigenvalue weighted by Crippen LogP contribution is 2.11. The van der Waals surface area contributed by atoms with Crippen LogP contribution in [0, 0.1) is 14.9 Å². The fourth-order valence-electron chi connectivity index (χ4n) is 1.12. The van der Waals surface area contributed by atoms with E-state index in [0.717, 1.165) is 3.57 Å². The summed E-state index contributed by atoms with van der Waals surface area (Å²) in [5.41, 5.74) is -0.213. The molecule has 0 aliphatic heterocycles. The number of carbonyl (C=O) groups excluding carboxylic acids is 1. The van der Waals surface area contributed by atoms with Gasteiger partial charge in [-0.3, -0.25) is 4.79 Å². The smallest absolute Gasteiger partial charge is 0.252 e. The molecular formula is C12H13IN2O. The van der Waals surface area contributed by atoms with Crippen LogP contribution in [0.4, 0.5) is 0 Å². The molecule has 0 fully saturated rings. The third-order valence-corrected chi connectivity index (χ3v) is 3.17. The molecule has 1 aromatic carbocycles. The fraction of sp³-hybridized carbons (Fsp3) is 0.333. The van der Waals surface area contributed by atoms with Crippen molar-refractivity contribution in [2.24, 2.45) is 0 Å². The van der Waals surface area contributed by atoms with Gasteiger partial charge >= 0.3 is 0 Å². The van der Waals surface area contributed by atoms with E-state index in [1.807, 2.05) is 19.1 Å². The molecule has 4 heteroatoms. The van der Waals surface area contributed by atoms with Crippen molar-refractivity contribution < 1.29 is 4.79 Å². The van der Waals surface area contributed by atoms with Gasteiger partial charge < -0.3 is 5.32 Å². The quantitative estimate of drug-likeness (QED) is 0.868. The van der Waals surface area contributed by atoms with Gasteiger partial charge in [0.05, 0.1) is 6.07 Å². The second-order valence-electron chi connectivity index (χ2n) is 3.76. The van der Waals surface area contributed by atoms with Crippen LogP contribution in [0.15, 0.2) is 24.3 Å². The van der Waals surface area contributed by atoms with Crippen molar-refractivity contribution in [2.45, 2.75) is 25.8 Å². The average molecular weight is 328 g/mol. The number of nitrogens with one attached hydrogen (secondary N) is 1. The van der Waals surface area contributed by atoms with Gasteiger partial charge in [0.1, 0.15) is 5.54 Å². The number of hydrogen-bond donors (Lipinski definition) is 1. The van der Waals surface area contributed by atoms with E-state index in [2.05, 4.69) is 34.0 Å². The molecule has 0 spiro atoms. The van der Waals surface area contributed by atoms with Crippen molar-refractivity contribution >= 4 is 28.5 Å². The van der Waals surface area contributed by atoms with E-state index in [9.17, 15) is 4.79 Å². The lowest BCUT2D eigenvalue weighted by atomic mass is 10.0. The van der Waals surface area contributed by atoms with Crippen LogP contribution in [0.25, 0.3) is 0 Å². The highest BCUT2D eigenvalue weighted by atomic mass is 127. The van der Waals surface area contributed by atoms with Crippen LogP contribution in [0.3, 0.4) is 0 Å². The van der Waals surface area contributed by atoms with E-state index in [1.54, 1.807) is 19.1 Å². The van der Waals surface area contributed by atoms with Crippen LogP contribution in [-0.4, -0.2) is 11.4 Å². The molecule has 1 aromatic rings. The average Bonchev–Trinajstić information content (AvgIpc) is 2.29. The zero-order chi connectivity index (χ0) is 12.2. The Hall–Kier alpha value is -1.09. The van der Waals surface area contributed by atoms with E-state index in [0.29, 0.717) is 12.0 Å². The summed E-state index contributed by atoms with van der Waals surface area (Å²) >= 11 is 2.18. The second-order valence-corrected chi connectivity index (χ2v) is 5.00. The first-order valence-electron chi connectivity index (χ1n) is 5.00. The third-order valence-electron chi connectivity index (χ3n) is 2.45. The summed E-state index contributed by atoms with van der Waals surface area (Å²) in [5.74, 6) is -0.206. The maximum absolute atomic E-state index is 11.8. The van der Waals surface area contributed by atoms with E-state index in [4.69, 9.17) is 5.26 Å². The Kier molecular flexibility index (Phi) is 4.30. The maximum atomic E-state index is 11.8. The van der Waals surface area contributed by atoms with Crippen LogP contribution < -0.4 is 5.32 Å². The van der Waals surface area contributed by atoms with Crippen LogP contribution >= 0.6 is 22.6 Å². The number of halogens is 1. The minimum atomic E-state index is -0.792. The van der Waals surface area contributed by atoms with Crippen molar-refractivity contribution in [3.05, 3.63) is 33.4 Å². The van der Waals surface area contributed by atoms with Gasteiger partial charge in [0, 0.05) is 9.13 Å². The molecule has 0 saturated carbocycles. The van der Waals surface area contributed by atoms with Crippen LogP contribution in [0.1, 0.15) is 30.6 Å². The first kappa shape index (κ1) is 13.0. The Balaban J connectivity index is 2.81. The highest BCUT2D eigenvalue weighted by Gasteiger charge is 2.23. The number of nitrogens with zero attached hydrogens (tertiary/aromatic N) is 1. The molecule has 1 unspecified atom stereocenters. The molecular weight excluding hydrogens is 315 g/mol. The topological polar surface area (TPSA) is 52.9 Å². The van der Waals surface area contributed by atoms with E-state index >= 15 is 0 Å². The summed E-state index contributed by atoms with van der Waals surface area (Å²) in [6, 6.07) is 9.35. The van der Waals surface area contributed by atoms with Gasteiger partial charge in [0.2, 0.25) is 0 Å². The molecule has 1 N–H and O–H groups in total. The van der Waals surface area contributed by atoms with Gasteiger partial charge in [-0.05, 0) is 60.2 Å². The van der Waals surface area contributed by atoms with Crippen LogP contribution in [0.2, 0.25) is 0 Å². The van der Waals surface area contributed by atoms with Gasteiger partial charge in [-0.2, -0.15) is 5.26 Å². The Morgan fingerprint density at radius 3 is 2.50 bits per heavy atom. The van der Waals surface area contributed by atoms with Crippen molar-refractivity contribution in [1.82, 2.24) is 5.32 Å². The van der Waals surface area contributed by atoms with Gasteiger partial charge in [-0.25, -0.2) is 0 Å². The molecule has 1 amide bonds. The Morgan fingerprint density at radius 2 is 2.06 bits per heavy atom. The normalized spacial score (nSPS) is 13.6. The molecule has 0 radical (unpaired) electrons. The summed E-state index contributed by atoms with van der Waals surface area (Å²) in [4.78, 5) is 11.8. The van der Waals surface area contributed by atoms with Gasteiger partial charge in [-0.1, -0.05) is 6.92 Å². The first-order valence-corrected chi connectivity index (χ1v) is 6.08.